The predicted molar refractivity (Wildman–Crippen MR) is 123 cm³/mol. The van der Waals surface area contributed by atoms with Crippen LogP contribution >= 0.6 is 0 Å². The summed E-state index contributed by atoms with van der Waals surface area (Å²) < 4.78 is 38.2. The quantitative estimate of drug-likeness (QED) is 0.524. The number of carbonyl (C=O) groups is 2. The second-order valence-electron chi connectivity index (χ2n) is 8.17. The summed E-state index contributed by atoms with van der Waals surface area (Å²) in [4.78, 5) is 27.1. The molecule has 1 aromatic rings. The van der Waals surface area contributed by atoms with Gasteiger partial charge in [-0.1, -0.05) is 12.8 Å². The van der Waals surface area contributed by atoms with Crippen LogP contribution in [0.15, 0.2) is 23.1 Å². The Bertz CT molecular complexity index is 909. The summed E-state index contributed by atoms with van der Waals surface area (Å²) in [6.07, 6.45) is 3.67. The number of rotatable bonds is 9. The normalized spacial score (nSPS) is 18.3. The Labute approximate surface area is 195 Å². The van der Waals surface area contributed by atoms with Gasteiger partial charge in [0.2, 0.25) is 15.9 Å². The van der Waals surface area contributed by atoms with Crippen molar-refractivity contribution in [2.45, 2.75) is 30.6 Å². The van der Waals surface area contributed by atoms with Crippen LogP contribution in [0.4, 0.5) is 0 Å². The molecule has 2 heterocycles. The minimum absolute atomic E-state index is 0.0466. The van der Waals surface area contributed by atoms with E-state index in [1.165, 1.54) is 29.6 Å². The van der Waals surface area contributed by atoms with Gasteiger partial charge in [-0.3, -0.25) is 14.5 Å². The topological polar surface area (TPSA) is 117 Å². The maximum atomic E-state index is 13.1. The van der Waals surface area contributed by atoms with E-state index in [9.17, 15) is 18.0 Å². The summed E-state index contributed by atoms with van der Waals surface area (Å²) >= 11 is 0. The Morgan fingerprint density at radius 1 is 1.03 bits per heavy atom. The van der Waals surface area contributed by atoms with Crippen molar-refractivity contribution < 1.29 is 27.5 Å². The van der Waals surface area contributed by atoms with Gasteiger partial charge in [-0.2, -0.15) is 4.31 Å². The highest BCUT2D eigenvalue weighted by Gasteiger charge is 2.27. The van der Waals surface area contributed by atoms with Gasteiger partial charge < -0.3 is 20.1 Å². The number of morpholine rings is 1. The van der Waals surface area contributed by atoms with Crippen molar-refractivity contribution in [2.75, 3.05) is 66.1 Å². The van der Waals surface area contributed by atoms with E-state index in [-0.39, 0.29) is 28.7 Å². The summed E-state index contributed by atoms with van der Waals surface area (Å²) in [5.74, 6) is -0.637. The molecule has 2 aliphatic rings. The summed E-state index contributed by atoms with van der Waals surface area (Å²) in [5, 5.41) is 5.34. The molecule has 0 aromatic heterocycles. The van der Waals surface area contributed by atoms with Crippen molar-refractivity contribution in [2.24, 2.45) is 0 Å². The molecular formula is C22H34N4O6S. The van der Waals surface area contributed by atoms with E-state index in [0.29, 0.717) is 39.4 Å². The molecular weight excluding hydrogens is 448 g/mol. The first-order chi connectivity index (χ1) is 15.9. The summed E-state index contributed by atoms with van der Waals surface area (Å²) in [6, 6.07) is 4.25. The van der Waals surface area contributed by atoms with Crippen molar-refractivity contribution in [1.82, 2.24) is 19.8 Å². The van der Waals surface area contributed by atoms with Gasteiger partial charge in [0.05, 0.1) is 37.3 Å². The van der Waals surface area contributed by atoms with Gasteiger partial charge in [-0.05, 0) is 31.0 Å². The number of ether oxygens (including phenoxy) is 2. The molecule has 0 bridgehead atoms. The first-order valence-corrected chi connectivity index (χ1v) is 12.9. The molecule has 0 spiro atoms. The molecule has 3 rings (SSSR count). The Balaban J connectivity index is 1.58. The minimum atomic E-state index is -3.72. The van der Waals surface area contributed by atoms with Crippen LogP contribution in [0.3, 0.4) is 0 Å². The lowest BCUT2D eigenvalue weighted by molar-refractivity contribution is -0.120. The van der Waals surface area contributed by atoms with E-state index in [1.54, 1.807) is 0 Å². The third-order valence-corrected chi connectivity index (χ3v) is 7.78. The van der Waals surface area contributed by atoms with Crippen molar-refractivity contribution in [3.63, 3.8) is 0 Å². The molecule has 2 amide bonds. The highest BCUT2D eigenvalue weighted by molar-refractivity contribution is 7.89. The van der Waals surface area contributed by atoms with E-state index in [2.05, 4.69) is 15.5 Å². The van der Waals surface area contributed by atoms with Crippen LogP contribution in [0.5, 0.6) is 5.75 Å². The van der Waals surface area contributed by atoms with Crippen LogP contribution < -0.4 is 15.4 Å². The fourth-order valence-corrected chi connectivity index (χ4v) is 5.50. The van der Waals surface area contributed by atoms with Crippen LogP contribution in [0, 0.1) is 0 Å². The molecule has 10 nitrogen and oxygen atoms in total. The summed E-state index contributed by atoms with van der Waals surface area (Å²) in [6.45, 7) is 4.98. The zero-order chi connectivity index (χ0) is 23.7. The second-order valence-corrected chi connectivity index (χ2v) is 10.1. The Morgan fingerprint density at radius 2 is 1.73 bits per heavy atom. The van der Waals surface area contributed by atoms with E-state index >= 15 is 0 Å². The average molecular weight is 483 g/mol. The standard InChI is InChI=1S/C22H34N4O6S/c1-31-20-7-6-18(33(29,30)26-9-4-2-3-5-10-26)16-19(20)22(28)24-17-21(27)23-8-11-25-12-14-32-15-13-25/h6-7,16H,2-5,8-15,17H2,1H3,(H,23,27)(H,24,28). The van der Waals surface area contributed by atoms with Crippen LogP contribution in [0.1, 0.15) is 36.0 Å². The fourth-order valence-electron chi connectivity index (χ4n) is 3.95. The molecule has 11 heteroatoms. The second kappa shape index (κ2) is 12.3. The molecule has 2 N–H and O–H groups in total. The summed E-state index contributed by atoms with van der Waals surface area (Å²) in [7, 11) is -2.31. The largest absolute Gasteiger partial charge is 0.496 e. The number of methoxy groups -OCH3 is 1. The number of hydrogen-bond acceptors (Lipinski definition) is 7. The SMILES string of the molecule is COc1ccc(S(=O)(=O)N2CCCCCC2)cc1C(=O)NCC(=O)NCCN1CCOCC1. The molecule has 0 aliphatic carbocycles. The monoisotopic (exact) mass is 482 g/mol. The maximum Gasteiger partial charge on any atom is 0.255 e. The fraction of sp³-hybridized carbons (Fsp3) is 0.636. The lowest BCUT2D eigenvalue weighted by Crippen LogP contribution is -2.43. The molecule has 0 unspecified atom stereocenters. The van der Waals surface area contributed by atoms with E-state index in [4.69, 9.17) is 9.47 Å². The van der Waals surface area contributed by atoms with Crippen molar-refractivity contribution in [1.29, 1.82) is 0 Å². The van der Waals surface area contributed by atoms with Crippen molar-refractivity contribution >= 4 is 21.8 Å². The molecule has 2 saturated heterocycles. The van der Waals surface area contributed by atoms with Crippen LogP contribution in [-0.2, 0) is 19.6 Å². The lowest BCUT2D eigenvalue weighted by atomic mass is 10.2. The number of nitrogens with zero attached hydrogens (tertiary/aromatic N) is 2. The molecule has 2 fully saturated rings. The number of amides is 2. The molecule has 0 atom stereocenters. The van der Waals surface area contributed by atoms with Gasteiger partial charge in [-0.15, -0.1) is 0 Å². The van der Waals surface area contributed by atoms with Gasteiger partial charge in [0.1, 0.15) is 5.75 Å². The van der Waals surface area contributed by atoms with Gasteiger partial charge in [0.15, 0.2) is 0 Å². The smallest absolute Gasteiger partial charge is 0.255 e. The van der Waals surface area contributed by atoms with Gasteiger partial charge in [-0.25, -0.2) is 8.42 Å². The number of nitrogens with one attached hydrogen (secondary N) is 2. The molecule has 184 valence electrons. The van der Waals surface area contributed by atoms with Crippen molar-refractivity contribution in [3.05, 3.63) is 23.8 Å². The first kappa shape index (κ1) is 25.4. The molecule has 0 radical (unpaired) electrons. The third-order valence-electron chi connectivity index (χ3n) is 5.88. The van der Waals surface area contributed by atoms with Gasteiger partial charge in [0.25, 0.3) is 5.91 Å². The Morgan fingerprint density at radius 3 is 2.39 bits per heavy atom. The lowest BCUT2D eigenvalue weighted by Gasteiger charge is -2.26. The highest BCUT2D eigenvalue weighted by Crippen LogP contribution is 2.26. The number of hydrogen-bond donors (Lipinski definition) is 2. The van der Waals surface area contributed by atoms with Crippen LogP contribution in [-0.4, -0.2) is 95.6 Å². The van der Waals surface area contributed by atoms with E-state index in [1.807, 2.05) is 0 Å². The van der Waals surface area contributed by atoms with Crippen LogP contribution in [0.25, 0.3) is 0 Å². The number of benzene rings is 1. The van der Waals surface area contributed by atoms with Gasteiger partial charge in [0, 0.05) is 39.3 Å². The summed E-state index contributed by atoms with van der Waals surface area (Å²) in [5.41, 5.74) is 0.0783. The molecule has 0 saturated carbocycles. The average Bonchev–Trinajstić information content (AvgIpc) is 3.13. The minimum Gasteiger partial charge on any atom is -0.496 e. The molecule has 1 aromatic carbocycles. The predicted octanol–water partition coefficient (Wildman–Crippen LogP) is 0.438. The van der Waals surface area contributed by atoms with E-state index in [0.717, 1.165) is 38.8 Å². The third kappa shape index (κ3) is 7.13. The molecule has 2 aliphatic heterocycles. The van der Waals surface area contributed by atoms with Crippen LogP contribution in [0.2, 0.25) is 0 Å². The maximum absolute atomic E-state index is 13.1. The van der Waals surface area contributed by atoms with Crippen molar-refractivity contribution in [3.8, 4) is 5.75 Å². The zero-order valence-corrected chi connectivity index (χ0v) is 20.0. The highest BCUT2D eigenvalue weighted by atomic mass is 32.2. The van der Waals surface area contributed by atoms with E-state index < -0.39 is 15.9 Å². The number of carbonyl (C=O) groups excluding carboxylic acids is 2. The zero-order valence-electron chi connectivity index (χ0n) is 19.2. The molecule has 33 heavy (non-hydrogen) atoms. The first-order valence-electron chi connectivity index (χ1n) is 11.4. The Kier molecular flexibility index (Phi) is 9.48. The van der Waals surface area contributed by atoms with Gasteiger partial charge >= 0.3 is 0 Å². The number of sulfonamides is 1. The Hall–Kier alpha value is -2.21.